The Morgan fingerprint density at radius 1 is 1.45 bits per heavy atom. The molecule has 1 N–H and O–H groups in total. The van der Waals surface area contributed by atoms with Crippen LogP contribution in [-0.2, 0) is 9.47 Å². The van der Waals surface area contributed by atoms with Crippen molar-refractivity contribution in [2.75, 3.05) is 14.2 Å². The Labute approximate surface area is 68.1 Å². The van der Waals surface area contributed by atoms with Crippen LogP contribution in [-0.4, -0.2) is 32.6 Å². The topological polar surface area (TPSA) is 30.5 Å². The third-order valence-corrected chi connectivity index (χ3v) is 2.28. The first kappa shape index (κ1) is 8.97. The summed E-state index contributed by atoms with van der Waals surface area (Å²) in [6.45, 7) is 2.08. The van der Waals surface area contributed by atoms with Crippen LogP contribution < -0.4 is 5.32 Å². The molecule has 3 nitrogen and oxygen atoms in total. The number of hydrogen-bond acceptors (Lipinski definition) is 3. The number of likely N-dealkylation sites (N-methyl/N-ethyl adjacent to an activating group) is 1. The van der Waals surface area contributed by atoms with Crippen molar-refractivity contribution in [2.45, 2.75) is 38.2 Å². The van der Waals surface area contributed by atoms with E-state index < -0.39 is 0 Å². The lowest BCUT2D eigenvalue weighted by Gasteiger charge is -2.33. The molecule has 0 bridgehead atoms. The molecule has 1 fully saturated rings. The lowest BCUT2D eigenvalue weighted by Crippen LogP contribution is -2.44. The van der Waals surface area contributed by atoms with E-state index in [1.54, 1.807) is 7.11 Å². The number of hydrogen-bond donors (Lipinski definition) is 1. The van der Waals surface area contributed by atoms with Gasteiger partial charge in [0.1, 0.15) is 0 Å². The van der Waals surface area contributed by atoms with Crippen LogP contribution in [0.5, 0.6) is 0 Å². The summed E-state index contributed by atoms with van der Waals surface area (Å²) in [5.74, 6) is 0. The standard InChI is InChI=1S/C8H17NO2/c1-6-7(9-2)4-5-8(10-3)11-6/h6-9H,4-5H2,1-3H3/t6?,7-,8+/m0/s1. The predicted molar refractivity (Wildman–Crippen MR) is 43.4 cm³/mol. The summed E-state index contributed by atoms with van der Waals surface area (Å²) in [7, 11) is 3.66. The van der Waals surface area contributed by atoms with Gasteiger partial charge in [0.05, 0.1) is 6.10 Å². The Morgan fingerprint density at radius 2 is 2.18 bits per heavy atom. The summed E-state index contributed by atoms with van der Waals surface area (Å²) in [5, 5.41) is 3.22. The minimum atomic E-state index is 0.00889. The highest BCUT2D eigenvalue weighted by atomic mass is 16.7. The van der Waals surface area contributed by atoms with Crippen molar-refractivity contribution >= 4 is 0 Å². The lowest BCUT2D eigenvalue weighted by molar-refractivity contribution is -0.182. The van der Waals surface area contributed by atoms with E-state index in [2.05, 4.69) is 12.2 Å². The quantitative estimate of drug-likeness (QED) is 0.645. The van der Waals surface area contributed by atoms with Crippen LogP contribution in [0.4, 0.5) is 0 Å². The molecule has 1 saturated heterocycles. The zero-order valence-electron chi connectivity index (χ0n) is 7.46. The van der Waals surface area contributed by atoms with E-state index in [4.69, 9.17) is 9.47 Å². The fourth-order valence-corrected chi connectivity index (χ4v) is 1.51. The molecule has 1 rings (SSSR count). The second kappa shape index (κ2) is 4.04. The van der Waals surface area contributed by atoms with Crippen LogP contribution in [0, 0.1) is 0 Å². The van der Waals surface area contributed by atoms with Crippen LogP contribution >= 0.6 is 0 Å². The summed E-state index contributed by atoms with van der Waals surface area (Å²) < 4.78 is 10.7. The van der Waals surface area contributed by atoms with E-state index in [0.717, 1.165) is 12.8 Å². The van der Waals surface area contributed by atoms with Crippen molar-refractivity contribution < 1.29 is 9.47 Å². The van der Waals surface area contributed by atoms with Crippen molar-refractivity contribution in [2.24, 2.45) is 0 Å². The second-order valence-corrected chi connectivity index (χ2v) is 2.98. The first-order valence-corrected chi connectivity index (χ1v) is 4.13. The van der Waals surface area contributed by atoms with Gasteiger partial charge in [-0.2, -0.15) is 0 Å². The molecule has 0 amide bonds. The highest BCUT2D eigenvalue weighted by Crippen LogP contribution is 2.19. The van der Waals surface area contributed by atoms with Gasteiger partial charge in [0, 0.05) is 13.2 Å². The first-order chi connectivity index (χ1) is 5.27. The second-order valence-electron chi connectivity index (χ2n) is 2.98. The Balaban J connectivity index is 2.34. The average Bonchev–Trinajstić information content (AvgIpc) is 2.04. The molecule has 0 aromatic heterocycles. The molecule has 0 aromatic rings. The zero-order chi connectivity index (χ0) is 8.27. The van der Waals surface area contributed by atoms with Gasteiger partial charge in [0.25, 0.3) is 0 Å². The number of ether oxygens (including phenoxy) is 2. The molecule has 3 atom stereocenters. The fourth-order valence-electron chi connectivity index (χ4n) is 1.51. The van der Waals surface area contributed by atoms with Gasteiger partial charge < -0.3 is 14.8 Å². The van der Waals surface area contributed by atoms with Gasteiger partial charge in [-0.3, -0.25) is 0 Å². The van der Waals surface area contributed by atoms with E-state index >= 15 is 0 Å². The molecule has 66 valence electrons. The number of methoxy groups -OCH3 is 1. The molecular formula is C8H17NO2. The van der Waals surface area contributed by atoms with Crippen LogP contribution in [0.25, 0.3) is 0 Å². The van der Waals surface area contributed by atoms with Crippen LogP contribution in [0.2, 0.25) is 0 Å². The van der Waals surface area contributed by atoms with Crippen molar-refractivity contribution in [1.29, 1.82) is 0 Å². The van der Waals surface area contributed by atoms with Crippen LogP contribution in [0.3, 0.4) is 0 Å². The van der Waals surface area contributed by atoms with Gasteiger partial charge in [0.2, 0.25) is 0 Å². The van der Waals surface area contributed by atoms with Crippen molar-refractivity contribution in [3.05, 3.63) is 0 Å². The van der Waals surface area contributed by atoms with Crippen molar-refractivity contribution in [3.8, 4) is 0 Å². The molecule has 0 saturated carbocycles. The van der Waals surface area contributed by atoms with E-state index in [-0.39, 0.29) is 12.4 Å². The molecule has 11 heavy (non-hydrogen) atoms. The molecular weight excluding hydrogens is 142 g/mol. The summed E-state index contributed by atoms with van der Waals surface area (Å²) in [4.78, 5) is 0. The molecule has 0 radical (unpaired) electrons. The maximum Gasteiger partial charge on any atom is 0.157 e. The average molecular weight is 159 g/mol. The van der Waals surface area contributed by atoms with Crippen molar-refractivity contribution in [1.82, 2.24) is 5.32 Å². The minimum Gasteiger partial charge on any atom is -0.356 e. The minimum absolute atomic E-state index is 0.00889. The van der Waals surface area contributed by atoms with Crippen LogP contribution in [0.1, 0.15) is 19.8 Å². The highest BCUT2D eigenvalue weighted by molar-refractivity contribution is 4.77. The Hall–Kier alpha value is -0.120. The Kier molecular flexibility index (Phi) is 3.30. The molecule has 0 aromatic carbocycles. The van der Waals surface area contributed by atoms with Gasteiger partial charge >= 0.3 is 0 Å². The Morgan fingerprint density at radius 3 is 2.64 bits per heavy atom. The smallest absolute Gasteiger partial charge is 0.157 e. The van der Waals surface area contributed by atoms with Gasteiger partial charge in [-0.15, -0.1) is 0 Å². The molecule has 1 aliphatic rings. The summed E-state index contributed by atoms with van der Waals surface area (Å²) >= 11 is 0. The third-order valence-electron chi connectivity index (χ3n) is 2.28. The SMILES string of the molecule is CN[C@H]1CC[C@H](OC)OC1C. The maximum atomic E-state index is 5.55. The molecule has 3 heteroatoms. The number of nitrogens with one attached hydrogen (secondary N) is 1. The summed E-state index contributed by atoms with van der Waals surface area (Å²) in [6, 6.07) is 0.487. The van der Waals surface area contributed by atoms with Gasteiger partial charge in [-0.05, 0) is 26.8 Å². The van der Waals surface area contributed by atoms with E-state index in [1.165, 1.54) is 0 Å². The van der Waals surface area contributed by atoms with E-state index in [1.807, 2.05) is 7.05 Å². The highest BCUT2D eigenvalue weighted by Gasteiger charge is 2.26. The Bertz CT molecular complexity index is 119. The normalized spacial score (nSPS) is 39.0. The monoisotopic (exact) mass is 159 g/mol. The summed E-state index contributed by atoms with van der Waals surface area (Å²) in [6.07, 6.45) is 2.40. The largest absolute Gasteiger partial charge is 0.356 e. The predicted octanol–water partition coefficient (Wildman–Crippen LogP) is 0.746. The molecule has 1 aliphatic heterocycles. The first-order valence-electron chi connectivity index (χ1n) is 4.13. The molecule has 1 unspecified atom stereocenters. The molecule has 0 aliphatic carbocycles. The maximum absolute atomic E-state index is 5.55. The fraction of sp³-hybridized carbons (Fsp3) is 1.00. The van der Waals surface area contributed by atoms with E-state index in [9.17, 15) is 0 Å². The molecule has 0 spiro atoms. The van der Waals surface area contributed by atoms with Crippen molar-refractivity contribution in [3.63, 3.8) is 0 Å². The molecule has 1 heterocycles. The van der Waals surface area contributed by atoms with Crippen LogP contribution in [0.15, 0.2) is 0 Å². The van der Waals surface area contributed by atoms with Gasteiger partial charge in [0.15, 0.2) is 6.29 Å². The van der Waals surface area contributed by atoms with E-state index in [0.29, 0.717) is 6.04 Å². The lowest BCUT2D eigenvalue weighted by atomic mass is 10.0. The number of rotatable bonds is 2. The summed E-state index contributed by atoms with van der Waals surface area (Å²) in [5.41, 5.74) is 0. The van der Waals surface area contributed by atoms with Gasteiger partial charge in [-0.25, -0.2) is 0 Å². The zero-order valence-corrected chi connectivity index (χ0v) is 7.46. The van der Waals surface area contributed by atoms with Gasteiger partial charge in [-0.1, -0.05) is 0 Å². The third kappa shape index (κ3) is 2.15.